The van der Waals surface area contributed by atoms with Gasteiger partial charge >= 0.3 is 6.03 Å². The normalized spacial score (nSPS) is 22.0. The number of likely N-dealkylation sites (N-methyl/N-ethyl adjacent to an activating group) is 1. The fraction of sp³-hybridized carbons (Fsp3) is 0.450. The number of H-pyrrole nitrogens is 1. The molecule has 6 nitrogen and oxygen atoms in total. The van der Waals surface area contributed by atoms with Gasteiger partial charge in [0.15, 0.2) is 0 Å². The number of aromatic amines is 1. The van der Waals surface area contributed by atoms with Crippen molar-refractivity contribution in [1.29, 1.82) is 0 Å². The monoisotopic (exact) mass is 353 g/mol. The van der Waals surface area contributed by atoms with Crippen LogP contribution in [0.5, 0.6) is 0 Å². The first kappa shape index (κ1) is 17.0. The Labute approximate surface area is 154 Å². The Morgan fingerprint density at radius 1 is 1.38 bits per heavy atom. The highest BCUT2D eigenvalue weighted by molar-refractivity contribution is 6.03. The zero-order valence-electron chi connectivity index (χ0n) is 15.7. The lowest BCUT2D eigenvalue weighted by atomic mass is 9.81. The molecule has 0 saturated carbocycles. The Kier molecular flexibility index (Phi) is 4.15. The lowest BCUT2D eigenvalue weighted by molar-refractivity contribution is 0.193. The summed E-state index contributed by atoms with van der Waals surface area (Å²) in [4.78, 5) is 20.0. The summed E-state index contributed by atoms with van der Waals surface area (Å²) < 4.78 is 0. The lowest BCUT2D eigenvalue weighted by Gasteiger charge is -2.40. The highest BCUT2D eigenvalue weighted by Gasteiger charge is 2.34. The molecule has 26 heavy (non-hydrogen) atoms. The molecular formula is C20H27N5O. The van der Waals surface area contributed by atoms with E-state index in [1.807, 2.05) is 24.8 Å². The Bertz CT molecular complexity index is 880. The largest absolute Gasteiger partial charge is 0.397 e. The highest BCUT2D eigenvalue weighted by atomic mass is 16.2. The number of nitrogens with zero attached hydrogens (tertiary/aromatic N) is 2. The van der Waals surface area contributed by atoms with Crippen molar-refractivity contribution in [2.45, 2.75) is 32.4 Å². The maximum Gasteiger partial charge on any atom is 0.317 e. The van der Waals surface area contributed by atoms with E-state index < -0.39 is 0 Å². The number of carbonyl (C=O) groups excluding carboxylic acids is 1. The van der Waals surface area contributed by atoms with Crippen LogP contribution in [0, 0.1) is 0 Å². The van der Waals surface area contributed by atoms with Gasteiger partial charge in [-0.15, -0.1) is 0 Å². The first-order chi connectivity index (χ1) is 12.5. The molecule has 2 aromatic rings. The maximum atomic E-state index is 12.5. The molecule has 4 N–H and O–H groups in total. The van der Waals surface area contributed by atoms with Crippen molar-refractivity contribution in [2.24, 2.45) is 0 Å². The van der Waals surface area contributed by atoms with Crippen LogP contribution in [-0.4, -0.2) is 59.6 Å². The van der Waals surface area contributed by atoms with Gasteiger partial charge < -0.3 is 20.9 Å². The summed E-state index contributed by atoms with van der Waals surface area (Å²) in [5.74, 6) is 0. The van der Waals surface area contributed by atoms with Crippen molar-refractivity contribution in [3.63, 3.8) is 0 Å². The van der Waals surface area contributed by atoms with Crippen molar-refractivity contribution in [3.05, 3.63) is 35.5 Å². The molecule has 6 heteroatoms. The fourth-order valence-electron chi connectivity index (χ4n) is 4.39. The van der Waals surface area contributed by atoms with E-state index in [0.29, 0.717) is 6.04 Å². The van der Waals surface area contributed by atoms with E-state index >= 15 is 0 Å². The van der Waals surface area contributed by atoms with Crippen LogP contribution in [0.25, 0.3) is 16.5 Å². The SMILES string of the molecule is CCN(CC)C(=O)N[C@H]1C=C2c3ccc(N)c4[nH]cc(c34)C[C@H]2N(C)C1. The van der Waals surface area contributed by atoms with Crippen molar-refractivity contribution >= 4 is 28.2 Å². The van der Waals surface area contributed by atoms with Gasteiger partial charge in [-0.25, -0.2) is 4.79 Å². The summed E-state index contributed by atoms with van der Waals surface area (Å²) in [5.41, 5.74) is 11.8. The molecule has 0 bridgehead atoms. The minimum absolute atomic E-state index is 0.00398. The molecule has 2 atom stereocenters. The molecule has 2 aliphatic rings. The Hall–Kier alpha value is -2.47. The lowest BCUT2D eigenvalue weighted by Crippen LogP contribution is -2.52. The third-order valence-electron chi connectivity index (χ3n) is 5.79. The molecule has 1 aromatic heterocycles. The van der Waals surface area contributed by atoms with Crippen LogP contribution < -0.4 is 11.1 Å². The van der Waals surface area contributed by atoms with Gasteiger partial charge in [-0.1, -0.05) is 12.1 Å². The molecular weight excluding hydrogens is 326 g/mol. The van der Waals surface area contributed by atoms with Gasteiger partial charge in [0.1, 0.15) is 0 Å². The Morgan fingerprint density at radius 2 is 2.15 bits per heavy atom. The van der Waals surface area contributed by atoms with Crippen LogP contribution in [0.2, 0.25) is 0 Å². The van der Waals surface area contributed by atoms with E-state index in [4.69, 9.17) is 5.73 Å². The van der Waals surface area contributed by atoms with E-state index in [1.165, 1.54) is 22.1 Å². The zero-order chi connectivity index (χ0) is 18.4. The van der Waals surface area contributed by atoms with E-state index in [0.717, 1.165) is 37.3 Å². The number of benzene rings is 1. The molecule has 0 radical (unpaired) electrons. The maximum absolute atomic E-state index is 12.5. The van der Waals surface area contributed by atoms with Gasteiger partial charge in [0, 0.05) is 37.3 Å². The number of amides is 2. The van der Waals surface area contributed by atoms with Crippen LogP contribution in [-0.2, 0) is 6.42 Å². The molecule has 4 rings (SSSR count). The van der Waals surface area contributed by atoms with Crippen LogP contribution >= 0.6 is 0 Å². The number of urea groups is 1. The van der Waals surface area contributed by atoms with E-state index in [2.05, 4.69) is 40.6 Å². The third kappa shape index (κ3) is 2.56. The zero-order valence-corrected chi connectivity index (χ0v) is 15.7. The molecule has 138 valence electrons. The number of rotatable bonds is 3. The molecule has 1 aliphatic carbocycles. The van der Waals surface area contributed by atoms with Gasteiger partial charge in [0.05, 0.1) is 17.2 Å². The second kappa shape index (κ2) is 6.36. The first-order valence-electron chi connectivity index (χ1n) is 9.39. The minimum Gasteiger partial charge on any atom is -0.397 e. The van der Waals surface area contributed by atoms with Gasteiger partial charge in [-0.05, 0) is 50.1 Å². The van der Waals surface area contributed by atoms with Gasteiger partial charge in [-0.2, -0.15) is 0 Å². The predicted molar refractivity (Wildman–Crippen MR) is 106 cm³/mol. The van der Waals surface area contributed by atoms with Crippen LogP contribution in [0.15, 0.2) is 24.4 Å². The topological polar surface area (TPSA) is 77.4 Å². The van der Waals surface area contributed by atoms with Crippen molar-refractivity contribution in [3.8, 4) is 0 Å². The molecule has 1 aliphatic heterocycles. The predicted octanol–water partition coefficient (Wildman–Crippen LogP) is 2.42. The molecule has 2 amide bonds. The second-order valence-corrected chi connectivity index (χ2v) is 7.28. The van der Waals surface area contributed by atoms with Crippen molar-refractivity contribution in [1.82, 2.24) is 20.1 Å². The molecule has 2 heterocycles. The number of nitrogens with two attached hydrogens (primary N) is 1. The minimum atomic E-state index is 0.00398. The van der Waals surface area contributed by atoms with Crippen LogP contribution in [0.3, 0.4) is 0 Å². The molecule has 0 fully saturated rings. The van der Waals surface area contributed by atoms with Crippen LogP contribution in [0.1, 0.15) is 25.0 Å². The number of fused-ring (bicyclic) bond motifs is 2. The number of anilines is 1. The fourth-order valence-corrected chi connectivity index (χ4v) is 4.39. The molecule has 1 aromatic carbocycles. The number of carbonyl (C=O) groups is 1. The summed E-state index contributed by atoms with van der Waals surface area (Å²) in [6, 6.07) is 4.44. The number of aromatic nitrogens is 1. The molecule has 0 saturated heterocycles. The summed E-state index contributed by atoms with van der Waals surface area (Å²) in [6.07, 6.45) is 5.30. The quantitative estimate of drug-likeness (QED) is 0.742. The van der Waals surface area contributed by atoms with Gasteiger partial charge in [-0.3, -0.25) is 4.90 Å². The summed E-state index contributed by atoms with van der Waals surface area (Å²) in [5, 5.41) is 4.41. The summed E-state index contributed by atoms with van der Waals surface area (Å²) in [7, 11) is 2.14. The average molecular weight is 353 g/mol. The van der Waals surface area contributed by atoms with Crippen molar-refractivity contribution in [2.75, 3.05) is 32.4 Å². The molecule has 0 unspecified atom stereocenters. The number of nitrogens with one attached hydrogen (secondary N) is 2. The number of nitrogen functional groups attached to an aromatic ring is 1. The number of hydrogen-bond donors (Lipinski definition) is 3. The van der Waals surface area contributed by atoms with E-state index in [9.17, 15) is 4.79 Å². The second-order valence-electron chi connectivity index (χ2n) is 7.28. The Morgan fingerprint density at radius 3 is 2.88 bits per heavy atom. The van der Waals surface area contributed by atoms with Crippen LogP contribution in [0.4, 0.5) is 10.5 Å². The first-order valence-corrected chi connectivity index (χ1v) is 9.39. The van der Waals surface area contributed by atoms with Gasteiger partial charge in [0.2, 0.25) is 0 Å². The Balaban J connectivity index is 1.71. The van der Waals surface area contributed by atoms with Gasteiger partial charge in [0.25, 0.3) is 0 Å². The number of hydrogen-bond acceptors (Lipinski definition) is 3. The third-order valence-corrected chi connectivity index (χ3v) is 5.79. The van der Waals surface area contributed by atoms with Crippen molar-refractivity contribution < 1.29 is 4.79 Å². The summed E-state index contributed by atoms with van der Waals surface area (Å²) in [6.45, 7) is 6.26. The van der Waals surface area contributed by atoms with E-state index in [-0.39, 0.29) is 12.1 Å². The standard InChI is InChI=1S/C20H27N5O/c1-4-25(5-2)20(26)23-13-9-15-14-6-7-16(21)19-18(14)12(10-22-19)8-17(15)24(3)11-13/h6-7,9-10,13,17,22H,4-5,8,11,21H2,1-3H3,(H,23,26)/t13-,17+/m0/s1. The summed E-state index contributed by atoms with van der Waals surface area (Å²) >= 11 is 0. The smallest absolute Gasteiger partial charge is 0.317 e. The van der Waals surface area contributed by atoms with E-state index in [1.54, 1.807) is 0 Å². The highest BCUT2D eigenvalue weighted by Crippen LogP contribution is 2.41. The average Bonchev–Trinajstić information content (AvgIpc) is 3.04. The molecule has 0 spiro atoms.